The van der Waals surface area contributed by atoms with Gasteiger partial charge in [0.25, 0.3) is 0 Å². The number of nitrogens with zero attached hydrogens (tertiary/aromatic N) is 1. The molecule has 0 saturated heterocycles. The van der Waals surface area contributed by atoms with E-state index in [1.165, 1.54) is 0 Å². The van der Waals surface area contributed by atoms with E-state index in [2.05, 4.69) is 32.8 Å². The summed E-state index contributed by atoms with van der Waals surface area (Å²) in [6, 6.07) is 7.46. The van der Waals surface area contributed by atoms with Crippen LogP contribution in [0, 0.1) is 10.2 Å². The molecule has 0 aliphatic rings. The number of halogens is 3. The third kappa shape index (κ3) is 13.0. The maximum absolute atomic E-state index is 8.83. The Balaban J connectivity index is 0.000000763. The molecule has 1 rings (SSSR count). The molecule has 22 heavy (non-hydrogen) atoms. The first-order valence-electron chi connectivity index (χ1n) is 5.91. The summed E-state index contributed by atoms with van der Waals surface area (Å²) in [6.07, 6.45) is 0. The summed E-state index contributed by atoms with van der Waals surface area (Å²) in [4.78, 5) is 4.55. The second-order valence-electron chi connectivity index (χ2n) is 5.10. The van der Waals surface area contributed by atoms with Gasteiger partial charge in [0.15, 0.2) is 0 Å². The predicted octanol–water partition coefficient (Wildman–Crippen LogP) is 2.00. The first kappa shape index (κ1) is 21.3. The molecule has 0 saturated carbocycles. The molecule has 0 fully saturated rings. The SMILES string of the molecule is C=C(Br)C(=NC(C)(C)C)Nc1ccc(Cl)cc1.[O-][Cl+](O)(O)O. The van der Waals surface area contributed by atoms with Gasteiger partial charge in [0.2, 0.25) is 0 Å². The zero-order valence-corrected chi connectivity index (χ0v) is 15.4. The van der Waals surface area contributed by atoms with Crippen LogP contribution in [0.5, 0.6) is 0 Å². The molecule has 0 radical (unpaired) electrons. The molecule has 0 heterocycles. The van der Waals surface area contributed by atoms with Gasteiger partial charge in [-0.3, -0.25) is 4.99 Å². The summed E-state index contributed by atoms with van der Waals surface area (Å²) in [7, 11) is -4.19. The molecular formula is C13H19BrCl2N2O4. The quantitative estimate of drug-likeness (QED) is 0.434. The fraction of sp³-hybridized carbons (Fsp3) is 0.308. The topological polar surface area (TPSA) is 108 Å². The van der Waals surface area contributed by atoms with Gasteiger partial charge >= 0.3 is 28.9 Å². The molecule has 6 nitrogen and oxygen atoms in total. The van der Waals surface area contributed by atoms with Crippen molar-refractivity contribution in [2.24, 2.45) is 4.99 Å². The predicted molar refractivity (Wildman–Crippen MR) is 87.0 cm³/mol. The number of hydrogen-bond acceptors (Lipinski definition) is 5. The Morgan fingerprint density at radius 3 is 2.00 bits per heavy atom. The van der Waals surface area contributed by atoms with Crippen molar-refractivity contribution in [2.45, 2.75) is 26.3 Å². The number of anilines is 1. The molecule has 0 aliphatic heterocycles. The molecule has 4 N–H and O–H groups in total. The van der Waals surface area contributed by atoms with Gasteiger partial charge in [-0.05, 0) is 61.0 Å². The van der Waals surface area contributed by atoms with Crippen molar-refractivity contribution < 1.29 is 28.9 Å². The third-order valence-corrected chi connectivity index (χ3v) is 2.44. The Hall–Kier alpha value is -0.670. The zero-order valence-electron chi connectivity index (χ0n) is 12.3. The second-order valence-corrected chi connectivity index (χ2v) is 7.36. The third-order valence-electron chi connectivity index (χ3n) is 1.81. The van der Waals surface area contributed by atoms with E-state index in [1.807, 2.05) is 45.0 Å². The van der Waals surface area contributed by atoms with Gasteiger partial charge in [0.1, 0.15) is 5.84 Å². The number of nitrogens with one attached hydrogen (secondary N) is 1. The Morgan fingerprint density at radius 1 is 1.27 bits per heavy atom. The van der Waals surface area contributed by atoms with Crippen LogP contribution in [-0.4, -0.2) is 25.4 Å². The molecule has 0 unspecified atom stereocenters. The van der Waals surface area contributed by atoms with Crippen LogP contribution in [0.4, 0.5) is 5.69 Å². The molecule has 9 heteroatoms. The summed E-state index contributed by atoms with van der Waals surface area (Å²) < 4.78 is 30.9. The Morgan fingerprint density at radius 2 is 1.68 bits per heavy atom. The minimum atomic E-state index is -4.19. The summed E-state index contributed by atoms with van der Waals surface area (Å²) in [5, 5.41) is 3.92. The van der Waals surface area contributed by atoms with Crippen molar-refractivity contribution in [3.8, 4) is 0 Å². The Bertz CT molecular complexity index is 516. The van der Waals surface area contributed by atoms with Crippen LogP contribution in [0.2, 0.25) is 5.02 Å². The van der Waals surface area contributed by atoms with Crippen molar-refractivity contribution in [1.29, 1.82) is 0 Å². The van der Waals surface area contributed by atoms with Crippen molar-refractivity contribution in [1.82, 2.24) is 0 Å². The van der Waals surface area contributed by atoms with E-state index >= 15 is 0 Å². The number of amidine groups is 1. The van der Waals surface area contributed by atoms with E-state index in [1.54, 1.807) is 0 Å². The monoisotopic (exact) mass is 416 g/mol. The van der Waals surface area contributed by atoms with E-state index in [0.717, 1.165) is 16.0 Å². The fourth-order valence-corrected chi connectivity index (χ4v) is 1.48. The average Bonchev–Trinajstić information content (AvgIpc) is 2.27. The van der Waals surface area contributed by atoms with Gasteiger partial charge in [0, 0.05) is 10.7 Å². The number of aliphatic imine (C=N–C) groups is 1. The van der Waals surface area contributed by atoms with Gasteiger partial charge < -0.3 is 5.32 Å². The summed E-state index contributed by atoms with van der Waals surface area (Å²) in [6.45, 7) is 9.95. The van der Waals surface area contributed by atoms with Crippen molar-refractivity contribution in [2.75, 3.05) is 5.32 Å². The van der Waals surface area contributed by atoms with Gasteiger partial charge in [0.05, 0.1) is 10.0 Å². The standard InChI is InChI=1S/C13H16BrClN2.ClH3O4/c1-9(14)12(17-13(2,3)4)16-11-7-5-10(15)6-8-11;2-1(3,4)5/h5-8H,1H2,2-4H3,(H,16,17);2-4H. The van der Waals surface area contributed by atoms with Crippen LogP contribution in [0.25, 0.3) is 0 Å². The summed E-state index contributed by atoms with van der Waals surface area (Å²) in [5.41, 5.74) is 0.767. The molecule has 1 aromatic rings. The Kier molecular flexibility index (Phi) is 8.56. The van der Waals surface area contributed by atoms with Crippen molar-refractivity contribution in [3.05, 3.63) is 40.3 Å². The summed E-state index contributed by atoms with van der Waals surface area (Å²) >= 11 is 9.18. The van der Waals surface area contributed by atoms with E-state index < -0.39 is 10.2 Å². The van der Waals surface area contributed by atoms with Gasteiger partial charge in [-0.1, -0.05) is 18.2 Å². The van der Waals surface area contributed by atoms with E-state index in [4.69, 9.17) is 30.2 Å². The van der Waals surface area contributed by atoms with Gasteiger partial charge in [-0.2, -0.15) is 0 Å². The van der Waals surface area contributed by atoms with E-state index in [0.29, 0.717) is 5.02 Å². The number of benzene rings is 1. The first-order valence-corrected chi connectivity index (χ1v) is 8.41. The van der Waals surface area contributed by atoms with E-state index in [-0.39, 0.29) is 5.54 Å². The molecule has 1 aromatic carbocycles. The molecule has 0 amide bonds. The van der Waals surface area contributed by atoms with Crippen LogP contribution < -0.4 is 9.98 Å². The van der Waals surface area contributed by atoms with Gasteiger partial charge in [-0.25, -0.2) is 0 Å². The van der Waals surface area contributed by atoms with Crippen LogP contribution in [0.3, 0.4) is 0 Å². The zero-order chi connectivity index (χ0) is 17.6. The molecule has 0 aliphatic carbocycles. The molecule has 0 aromatic heterocycles. The summed E-state index contributed by atoms with van der Waals surface area (Å²) in [5.74, 6) is 0.722. The van der Waals surface area contributed by atoms with Crippen LogP contribution in [0.15, 0.2) is 40.3 Å². The number of hydrogen-bond donors (Lipinski definition) is 4. The van der Waals surface area contributed by atoms with Crippen LogP contribution >= 0.6 is 27.5 Å². The van der Waals surface area contributed by atoms with Crippen LogP contribution in [0.1, 0.15) is 20.8 Å². The fourth-order valence-electron chi connectivity index (χ4n) is 1.16. The molecule has 0 atom stereocenters. The maximum atomic E-state index is 8.83. The van der Waals surface area contributed by atoms with Crippen LogP contribution in [-0.2, 0) is 0 Å². The second kappa shape index (κ2) is 8.83. The Labute approximate surface area is 145 Å². The molecule has 0 spiro atoms. The van der Waals surface area contributed by atoms with E-state index in [9.17, 15) is 0 Å². The minimum absolute atomic E-state index is 0.161. The average molecular weight is 418 g/mol. The number of rotatable bonds is 2. The molecule has 126 valence electrons. The van der Waals surface area contributed by atoms with Crippen molar-refractivity contribution in [3.63, 3.8) is 0 Å². The van der Waals surface area contributed by atoms with Crippen molar-refractivity contribution >= 4 is 39.1 Å². The normalized spacial score (nSPS) is 13.0. The molecule has 0 bridgehead atoms. The van der Waals surface area contributed by atoms with Gasteiger partial charge in [-0.15, -0.1) is 0 Å². The molecular weight excluding hydrogens is 399 g/mol. The first-order chi connectivity index (χ1) is 9.78.